The first-order chi connectivity index (χ1) is 9.83. The maximum atomic E-state index is 12.4. The van der Waals surface area contributed by atoms with E-state index >= 15 is 0 Å². The summed E-state index contributed by atoms with van der Waals surface area (Å²) in [6.07, 6.45) is -0.782. The Morgan fingerprint density at radius 3 is 2.67 bits per heavy atom. The lowest BCUT2D eigenvalue weighted by atomic mass is 10.2. The minimum atomic E-state index is -3.76. The molecule has 1 saturated heterocycles. The van der Waals surface area contributed by atoms with Gasteiger partial charge in [0.05, 0.1) is 22.8 Å². The van der Waals surface area contributed by atoms with Gasteiger partial charge in [0.2, 0.25) is 10.0 Å². The number of rotatable bonds is 5. The van der Waals surface area contributed by atoms with Gasteiger partial charge in [-0.25, -0.2) is 8.42 Å². The fraction of sp³-hybridized carbons (Fsp3) is 0.500. The van der Waals surface area contributed by atoms with E-state index < -0.39 is 32.8 Å². The van der Waals surface area contributed by atoms with Crippen LogP contribution in [0.4, 0.5) is 5.69 Å². The largest absolute Gasteiger partial charge is 0.390 e. The quantitative estimate of drug-likeness (QED) is 0.569. The van der Waals surface area contributed by atoms with Crippen molar-refractivity contribution >= 4 is 15.7 Å². The van der Waals surface area contributed by atoms with Crippen LogP contribution < -0.4 is 5.32 Å². The van der Waals surface area contributed by atoms with Crippen LogP contribution in [0, 0.1) is 10.1 Å². The molecule has 0 bridgehead atoms. The summed E-state index contributed by atoms with van der Waals surface area (Å²) in [5.74, 6) is -0.468. The van der Waals surface area contributed by atoms with Crippen LogP contribution in [-0.4, -0.2) is 55.0 Å². The Hall–Kier alpha value is -1.55. The maximum absolute atomic E-state index is 12.4. The molecule has 1 aromatic carbocycles. The molecule has 1 aliphatic rings. The Labute approximate surface area is 122 Å². The molecule has 2 rings (SSSR count). The molecule has 9 heteroatoms. The van der Waals surface area contributed by atoms with Gasteiger partial charge in [-0.2, -0.15) is 4.31 Å². The zero-order valence-electron chi connectivity index (χ0n) is 11.5. The molecule has 1 aromatic rings. The van der Waals surface area contributed by atoms with Crippen molar-refractivity contribution in [3.05, 3.63) is 39.9 Å². The number of nitrogens with zero attached hydrogens (tertiary/aromatic N) is 2. The van der Waals surface area contributed by atoms with Crippen molar-refractivity contribution in [1.82, 2.24) is 9.62 Å². The van der Waals surface area contributed by atoms with E-state index in [9.17, 15) is 23.6 Å². The van der Waals surface area contributed by atoms with E-state index in [-0.39, 0.29) is 11.3 Å². The van der Waals surface area contributed by atoms with Gasteiger partial charge >= 0.3 is 0 Å². The van der Waals surface area contributed by atoms with Gasteiger partial charge in [0.1, 0.15) is 0 Å². The van der Waals surface area contributed by atoms with E-state index in [2.05, 4.69) is 5.32 Å². The maximum Gasteiger partial charge on any atom is 0.273 e. The number of aliphatic hydroxyl groups excluding tert-OH is 1. The molecule has 1 aliphatic heterocycles. The molecule has 116 valence electrons. The number of para-hydroxylation sites is 1. The van der Waals surface area contributed by atoms with Crippen LogP contribution in [0.3, 0.4) is 0 Å². The lowest BCUT2D eigenvalue weighted by molar-refractivity contribution is -0.385. The molecule has 0 amide bonds. The third kappa shape index (κ3) is 3.38. The molecule has 0 saturated carbocycles. The van der Waals surface area contributed by atoms with E-state index in [1.807, 2.05) is 0 Å². The summed E-state index contributed by atoms with van der Waals surface area (Å²) in [5.41, 5.74) is -0.0885. The number of aliphatic hydroxyl groups is 1. The summed E-state index contributed by atoms with van der Waals surface area (Å²) in [7, 11) is -2.38. The van der Waals surface area contributed by atoms with Crippen LogP contribution >= 0.6 is 0 Å². The fourth-order valence-electron chi connectivity index (χ4n) is 2.34. The predicted molar refractivity (Wildman–Crippen MR) is 76.1 cm³/mol. The first-order valence-electron chi connectivity index (χ1n) is 6.39. The molecule has 0 unspecified atom stereocenters. The second-order valence-electron chi connectivity index (χ2n) is 4.95. The van der Waals surface area contributed by atoms with Gasteiger partial charge in [-0.1, -0.05) is 18.2 Å². The standard InChI is InChI=1S/C12H17N3O5S/c1-14(11-6-13-7-12(11)16)21(19,20)8-9-4-2-3-5-10(9)15(17)18/h2-5,11-13,16H,6-8H2,1H3/t11-,12-/m0/s1. The van der Waals surface area contributed by atoms with Crippen molar-refractivity contribution in [2.75, 3.05) is 20.1 Å². The Kier molecular flexibility index (Phi) is 4.57. The van der Waals surface area contributed by atoms with Crippen LogP contribution in [0.5, 0.6) is 0 Å². The summed E-state index contributed by atoms with van der Waals surface area (Å²) in [6, 6.07) is 5.19. The summed E-state index contributed by atoms with van der Waals surface area (Å²) >= 11 is 0. The lowest BCUT2D eigenvalue weighted by Gasteiger charge is -2.25. The van der Waals surface area contributed by atoms with Crippen LogP contribution in [0.15, 0.2) is 24.3 Å². The van der Waals surface area contributed by atoms with E-state index in [0.29, 0.717) is 13.1 Å². The van der Waals surface area contributed by atoms with E-state index in [1.165, 1.54) is 25.2 Å². The molecule has 1 fully saturated rings. The topological polar surface area (TPSA) is 113 Å². The zero-order valence-corrected chi connectivity index (χ0v) is 12.3. The van der Waals surface area contributed by atoms with Gasteiger partial charge in [-0.05, 0) is 0 Å². The van der Waals surface area contributed by atoms with Crippen LogP contribution in [0.25, 0.3) is 0 Å². The van der Waals surface area contributed by atoms with E-state index in [0.717, 1.165) is 4.31 Å². The highest BCUT2D eigenvalue weighted by molar-refractivity contribution is 7.88. The van der Waals surface area contributed by atoms with Crippen molar-refractivity contribution in [2.45, 2.75) is 17.9 Å². The van der Waals surface area contributed by atoms with Crippen molar-refractivity contribution in [1.29, 1.82) is 0 Å². The minimum absolute atomic E-state index is 0.134. The summed E-state index contributed by atoms with van der Waals surface area (Å²) in [5, 5.41) is 23.6. The van der Waals surface area contributed by atoms with Gasteiger partial charge in [0.15, 0.2) is 0 Å². The molecule has 8 nitrogen and oxygen atoms in total. The summed E-state index contributed by atoms with van der Waals surface area (Å²) < 4.78 is 25.8. The summed E-state index contributed by atoms with van der Waals surface area (Å²) in [6.45, 7) is 0.684. The molecule has 21 heavy (non-hydrogen) atoms. The monoisotopic (exact) mass is 315 g/mol. The number of hydrogen-bond donors (Lipinski definition) is 2. The molecule has 2 atom stereocenters. The number of sulfonamides is 1. The highest BCUT2D eigenvalue weighted by Crippen LogP contribution is 2.23. The molecule has 0 aromatic heterocycles. The smallest absolute Gasteiger partial charge is 0.273 e. The average Bonchev–Trinajstić information content (AvgIpc) is 2.84. The number of likely N-dealkylation sites (N-methyl/N-ethyl adjacent to an activating group) is 1. The van der Waals surface area contributed by atoms with Crippen LogP contribution in [0.1, 0.15) is 5.56 Å². The minimum Gasteiger partial charge on any atom is -0.390 e. The SMILES string of the molecule is CN([C@H]1CNC[C@@H]1O)S(=O)(=O)Cc1ccccc1[N+](=O)[O-]. The lowest BCUT2D eigenvalue weighted by Crippen LogP contribution is -2.44. The molecular formula is C12H17N3O5S. The highest BCUT2D eigenvalue weighted by atomic mass is 32.2. The Morgan fingerprint density at radius 2 is 2.10 bits per heavy atom. The average molecular weight is 315 g/mol. The third-order valence-corrected chi connectivity index (χ3v) is 5.41. The highest BCUT2D eigenvalue weighted by Gasteiger charge is 2.35. The zero-order chi connectivity index (χ0) is 15.6. The van der Waals surface area contributed by atoms with Gasteiger partial charge < -0.3 is 10.4 Å². The first-order valence-corrected chi connectivity index (χ1v) is 8.00. The van der Waals surface area contributed by atoms with Gasteiger partial charge in [0, 0.05) is 31.8 Å². The predicted octanol–water partition coefficient (Wildman–Crippen LogP) is -0.311. The number of benzene rings is 1. The first kappa shape index (κ1) is 15.8. The molecule has 2 N–H and O–H groups in total. The normalized spacial score (nSPS) is 22.6. The van der Waals surface area contributed by atoms with Crippen molar-refractivity contribution in [3.63, 3.8) is 0 Å². The second-order valence-corrected chi connectivity index (χ2v) is 6.98. The van der Waals surface area contributed by atoms with E-state index in [1.54, 1.807) is 6.07 Å². The van der Waals surface area contributed by atoms with Crippen molar-refractivity contribution < 1.29 is 18.4 Å². The Bertz CT molecular complexity index is 634. The number of nitro groups is 1. The number of hydrogen-bond acceptors (Lipinski definition) is 6. The molecule has 1 heterocycles. The second kappa shape index (κ2) is 6.06. The summed E-state index contributed by atoms with van der Waals surface area (Å²) in [4.78, 5) is 10.3. The van der Waals surface area contributed by atoms with Crippen LogP contribution in [-0.2, 0) is 15.8 Å². The number of nitro benzene ring substituents is 1. The third-order valence-electron chi connectivity index (χ3n) is 3.58. The van der Waals surface area contributed by atoms with Gasteiger partial charge in [0.25, 0.3) is 5.69 Å². The fourth-order valence-corrected chi connectivity index (χ4v) is 3.81. The molecular weight excluding hydrogens is 298 g/mol. The van der Waals surface area contributed by atoms with Gasteiger partial charge in [-0.3, -0.25) is 10.1 Å². The van der Waals surface area contributed by atoms with Gasteiger partial charge in [-0.15, -0.1) is 0 Å². The molecule has 0 spiro atoms. The van der Waals surface area contributed by atoms with E-state index in [4.69, 9.17) is 0 Å². The van der Waals surface area contributed by atoms with Crippen LogP contribution in [0.2, 0.25) is 0 Å². The van der Waals surface area contributed by atoms with Crippen molar-refractivity contribution in [3.8, 4) is 0 Å². The Morgan fingerprint density at radius 1 is 1.43 bits per heavy atom. The number of nitrogens with one attached hydrogen (secondary N) is 1. The van der Waals surface area contributed by atoms with Crippen molar-refractivity contribution in [2.24, 2.45) is 0 Å². The molecule has 0 radical (unpaired) electrons. The Balaban J connectivity index is 2.23. The number of β-amino-alcohol motifs (C(OH)–C–C–N with tert-alkyl or cyclic N) is 1. The molecule has 0 aliphatic carbocycles.